The highest BCUT2D eigenvalue weighted by Gasteiger charge is 2.21. The van der Waals surface area contributed by atoms with Crippen molar-refractivity contribution in [2.45, 2.75) is 19.4 Å². The summed E-state index contributed by atoms with van der Waals surface area (Å²) in [6, 6.07) is 4.17. The van der Waals surface area contributed by atoms with E-state index in [0.29, 0.717) is 12.5 Å². The quantitative estimate of drug-likeness (QED) is 0.864. The van der Waals surface area contributed by atoms with E-state index in [-0.39, 0.29) is 0 Å². The van der Waals surface area contributed by atoms with Gasteiger partial charge in [0.05, 0.1) is 4.88 Å². The Kier molecular flexibility index (Phi) is 2.53. The Bertz CT molecular complexity index is 475. The van der Waals surface area contributed by atoms with Gasteiger partial charge in [0, 0.05) is 25.0 Å². The van der Waals surface area contributed by atoms with Crippen molar-refractivity contribution >= 4 is 11.3 Å². The molecule has 1 aliphatic heterocycles. The second-order valence-electron chi connectivity index (χ2n) is 4.24. The van der Waals surface area contributed by atoms with E-state index in [9.17, 15) is 5.11 Å². The summed E-state index contributed by atoms with van der Waals surface area (Å²) in [7, 11) is 0. The number of fused-ring (bicyclic) bond motifs is 1. The minimum atomic E-state index is 0.291. The van der Waals surface area contributed by atoms with Crippen molar-refractivity contribution in [1.29, 1.82) is 0 Å². The minimum absolute atomic E-state index is 0.291. The van der Waals surface area contributed by atoms with Crippen LogP contribution in [0, 0.1) is 5.92 Å². The van der Waals surface area contributed by atoms with E-state index < -0.39 is 0 Å². The van der Waals surface area contributed by atoms with E-state index in [1.54, 1.807) is 11.3 Å². The van der Waals surface area contributed by atoms with Crippen LogP contribution in [0.5, 0.6) is 0 Å². The molecule has 1 atom stereocenters. The third-order valence-corrected chi connectivity index (χ3v) is 4.06. The van der Waals surface area contributed by atoms with Crippen LogP contribution in [-0.4, -0.2) is 21.3 Å². The van der Waals surface area contributed by atoms with Crippen LogP contribution in [0.15, 0.2) is 23.7 Å². The summed E-state index contributed by atoms with van der Waals surface area (Å²) in [6.45, 7) is 1.27. The number of hydrogen-bond acceptors (Lipinski definition) is 3. The first-order valence-electron chi connectivity index (χ1n) is 5.57. The molecule has 1 unspecified atom stereocenters. The normalized spacial score (nSPS) is 19.7. The van der Waals surface area contributed by atoms with Crippen LogP contribution in [0.4, 0.5) is 0 Å². The molecule has 3 heterocycles. The van der Waals surface area contributed by atoms with Crippen molar-refractivity contribution in [3.05, 3.63) is 29.4 Å². The van der Waals surface area contributed by atoms with Crippen LogP contribution in [0.1, 0.15) is 12.1 Å². The fraction of sp³-hybridized carbons (Fsp3) is 0.417. The van der Waals surface area contributed by atoms with Crippen molar-refractivity contribution in [3.8, 4) is 10.7 Å². The number of aliphatic hydroxyl groups excluding tert-OH is 1. The van der Waals surface area contributed by atoms with Crippen molar-refractivity contribution in [3.63, 3.8) is 0 Å². The van der Waals surface area contributed by atoms with E-state index >= 15 is 0 Å². The van der Waals surface area contributed by atoms with E-state index in [1.807, 2.05) is 6.20 Å². The molecule has 3 nitrogen and oxygen atoms in total. The zero-order chi connectivity index (χ0) is 11.0. The first kappa shape index (κ1) is 10.1. The molecule has 0 aromatic carbocycles. The summed E-state index contributed by atoms with van der Waals surface area (Å²) in [4.78, 5) is 5.73. The lowest BCUT2D eigenvalue weighted by atomic mass is 9.97. The molecule has 1 aliphatic rings. The summed E-state index contributed by atoms with van der Waals surface area (Å²) in [5.41, 5.74) is 1.26. The van der Waals surface area contributed by atoms with E-state index in [0.717, 1.165) is 25.2 Å². The van der Waals surface area contributed by atoms with Crippen LogP contribution < -0.4 is 0 Å². The van der Waals surface area contributed by atoms with Gasteiger partial charge in [-0.2, -0.15) is 0 Å². The third-order valence-electron chi connectivity index (χ3n) is 3.20. The maximum Gasteiger partial charge on any atom is 0.150 e. The largest absolute Gasteiger partial charge is 0.396 e. The molecule has 1 N–H and O–H groups in total. The lowest BCUT2D eigenvalue weighted by Crippen LogP contribution is -2.21. The van der Waals surface area contributed by atoms with Crippen LogP contribution >= 0.6 is 11.3 Å². The number of rotatable bonds is 2. The maximum atomic E-state index is 9.18. The van der Waals surface area contributed by atoms with Gasteiger partial charge in [0.15, 0.2) is 0 Å². The third kappa shape index (κ3) is 1.58. The lowest BCUT2D eigenvalue weighted by molar-refractivity contribution is 0.201. The fourth-order valence-electron chi connectivity index (χ4n) is 2.29. The van der Waals surface area contributed by atoms with Gasteiger partial charge in [0.25, 0.3) is 0 Å². The van der Waals surface area contributed by atoms with Crippen LogP contribution in [-0.2, 0) is 13.0 Å². The zero-order valence-electron chi connectivity index (χ0n) is 8.97. The van der Waals surface area contributed by atoms with Gasteiger partial charge >= 0.3 is 0 Å². The van der Waals surface area contributed by atoms with Gasteiger partial charge in [-0.15, -0.1) is 11.3 Å². The van der Waals surface area contributed by atoms with Gasteiger partial charge < -0.3 is 9.67 Å². The van der Waals surface area contributed by atoms with Gasteiger partial charge in [0.2, 0.25) is 0 Å². The van der Waals surface area contributed by atoms with Gasteiger partial charge in [-0.25, -0.2) is 4.98 Å². The maximum absolute atomic E-state index is 9.18. The van der Waals surface area contributed by atoms with Gasteiger partial charge in [0.1, 0.15) is 5.82 Å². The molecule has 0 aliphatic carbocycles. The highest BCUT2D eigenvalue weighted by molar-refractivity contribution is 7.13. The Labute approximate surface area is 98.4 Å². The van der Waals surface area contributed by atoms with Gasteiger partial charge in [-0.1, -0.05) is 6.07 Å². The Hall–Kier alpha value is -1.13. The Morgan fingerprint density at radius 1 is 1.56 bits per heavy atom. The second-order valence-corrected chi connectivity index (χ2v) is 5.19. The van der Waals surface area contributed by atoms with Crippen molar-refractivity contribution in [1.82, 2.24) is 9.55 Å². The summed E-state index contributed by atoms with van der Waals surface area (Å²) in [5.74, 6) is 1.50. The average molecular weight is 234 g/mol. The summed E-state index contributed by atoms with van der Waals surface area (Å²) in [5, 5.41) is 11.3. The molecule has 0 radical (unpaired) electrons. The lowest BCUT2D eigenvalue weighted by Gasteiger charge is -2.23. The smallest absolute Gasteiger partial charge is 0.150 e. The van der Waals surface area contributed by atoms with Gasteiger partial charge in [-0.3, -0.25) is 0 Å². The standard InChI is InChI=1S/C12H14N2OS/c15-8-9-3-4-14-10(6-9)7-13-12(14)11-2-1-5-16-11/h1-2,5,7,9,15H,3-4,6,8H2. The second kappa shape index (κ2) is 4.03. The molecule has 0 amide bonds. The summed E-state index contributed by atoms with van der Waals surface area (Å²) in [6.07, 6.45) is 3.96. The minimum Gasteiger partial charge on any atom is -0.396 e. The number of nitrogens with zero attached hydrogens (tertiary/aromatic N) is 2. The van der Waals surface area contributed by atoms with Crippen molar-refractivity contribution in [2.24, 2.45) is 5.92 Å². The molecular weight excluding hydrogens is 220 g/mol. The molecule has 4 heteroatoms. The molecule has 0 fully saturated rings. The SMILES string of the molecule is OCC1CCn2c(cnc2-c2cccs2)C1. The van der Waals surface area contributed by atoms with Crippen LogP contribution in [0.3, 0.4) is 0 Å². The molecule has 0 spiro atoms. The summed E-state index contributed by atoms with van der Waals surface area (Å²) >= 11 is 1.73. The van der Waals surface area contributed by atoms with Crippen LogP contribution in [0.2, 0.25) is 0 Å². The highest BCUT2D eigenvalue weighted by Crippen LogP contribution is 2.29. The van der Waals surface area contributed by atoms with E-state index in [4.69, 9.17) is 0 Å². The number of hydrogen-bond donors (Lipinski definition) is 1. The molecule has 2 aromatic rings. The Morgan fingerprint density at radius 2 is 2.50 bits per heavy atom. The Balaban J connectivity index is 1.97. The molecule has 84 valence electrons. The monoisotopic (exact) mass is 234 g/mol. The molecule has 3 rings (SSSR count). The molecule has 16 heavy (non-hydrogen) atoms. The highest BCUT2D eigenvalue weighted by atomic mass is 32.1. The average Bonchev–Trinajstić information content (AvgIpc) is 2.96. The topological polar surface area (TPSA) is 38.0 Å². The predicted octanol–water partition coefficient (Wildman–Crippen LogP) is 2.17. The number of aromatic nitrogens is 2. The molecule has 0 saturated heterocycles. The Morgan fingerprint density at radius 3 is 3.25 bits per heavy atom. The predicted molar refractivity (Wildman–Crippen MR) is 64.4 cm³/mol. The molecule has 2 aromatic heterocycles. The molecule has 0 bridgehead atoms. The van der Waals surface area contributed by atoms with Crippen LogP contribution in [0.25, 0.3) is 10.7 Å². The van der Waals surface area contributed by atoms with Gasteiger partial charge in [-0.05, 0) is 30.2 Å². The molecular formula is C12H14N2OS. The number of thiophene rings is 1. The molecule has 0 saturated carbocycles. The number of imidazole rings is 1. The van der Waals surface area contributed by atoms with Crippen molar-refractivity contribution < 1.29 is 5.11 Å². The van der Waals surface area contributed by atoms with Crippen molar-refractivity contribution in [2.75, 3.05) is 6.61 Å². The summed E-state index contributed by atoms with van der Waals surface area (Å²) < 4.78 is 2.29. The first-order valence-corrected chi connectivity index (χ1v) is 6.45. The number of aliphatic hydroxyl groups is 1. The van der Waals surface area contributed by atoms with E-state index in [1.165, 1.54) is 10.6 Å². The fourth-order valence-corrected chi connectivity index (χ4v) is 3.02. The zero-order valence-corrected chi connectivity index (χ0v) is 9.78. The van der Waals surface area contributed by atoms with E-state index in [2.05, 4.69) is 27.1 Å². The first-order chi connectivity index (χ1) is 7.88.